The fraction of sp³-hybridized carbons (Fsp3) is 0.730. The summed E-state index contributed by atoms with van der Waals surface area (Å²) in [5.41, 5.74) is 0. The number of carbonyl (C=O) groups excluding carboxylic acids is 3. The topological polar surface area (TPSA) is 78.9 Å². The zero-order valence-electron chi connectivity index (χ0n) is 45.3. The maximum atomic E-state index is 12.8. The van der Waals surface area contributed by atoms with Crippen LogP contribution in [0.1, 0.15) is 278 Å². The van der Waals surface area contributed by atoms with E-state index in [0.717, 1.165) is 89.9 Å². The summed E-state index contributed by atoms with van der Waals surface area (Å²) in [7, 11) is 0. The molecule has 0 saturated carbocycles. The van der Waals surface area contributed by atoms with Gasteiger partial charge in [-0.3, -0.25) is 14.4 Å². The van der Waals surface area contributed by atoms with E-state index < -0.39 is 6.10 Å². The molecule has 0 aromatic heterocycles. The van der Waals surface area contributed by atoms with E-state index in [-0.39, 0.29) is 37.5 Å². The van der Waals surface area contributed by atoms with E-state index in [9.17, 15) is 14.4 Å². The molecule has 0 N–H and O–H groups in total. The number of allylic oxidation sites excluding steroid dienone is 14. The Bertz CT molecular complexity index is 1330. The first-order valence-corrected chi connectivity index (χ1v) is 29.1. The predicted molar refractivity (Wildman–Crippen MR) is 297 cm³/mol. The summed E-state index contributed by atoms with van der Waals surface area (Å²) in [5, 5.41) is 0. The smallest absolute Gasteiger partial charge is 0.306 e. The summed E-state index contributed by atoms with van der Waals surface area (Å²) < 4.78 is 16.7. The van der Waals surface area contributed by atoms with Gasteiger partial charge in [-0.1, -0.05) is 273 Å². The van der Waals surface area contributed by atoms with Gasteiger partial charge in [0.25, 0.3) is 0 Å². The number of esters is 3. The highest BCUT2D eigenvalue weighted by Gasteiger charge is 2.19. The summed E-state index contributed by atoms with van der Waals surface area (Å²) >= 11 is 0. The Morgan fingerprint density at radius 3 is 0.884 bits per heavy atom. The maximum Gasteiger partial charge on any atom is 0.306 e. The van der Waals surface area contributed by atoms with Crippen LogP contribution in [-0.2, 0) is 28.6 Å². The van der Waals surface area contributed by atoms with Gasteiger partial charge in [-0.25, -0.2) is 0 Å². The Morgan fingerprint density at radius 2 is 0.565 bits per heavy atom. The van der Waals surface area contributed by atoms with Crippen molar-refractivity contribution in [1.82, 2.24) is 0 Å². The molecular weight excluding hydrogens is 853 g/mol. The van der Waals surface area contributed by atoms with Crippen LogP contribution in [0, 0.1) is 0 Å². The third kappa shape index (κ3) is 55.4. The summed E-state index contributed by atoms with van der Waals surface area (Å²) in [6.07, 6.45) is 74.7. The van der Waals surface area contributed by atoms with E-state index in [1.165, 1.54) is 141 Å². The number of unbranched alkanes of at least 4 members (excludes halogenated alkanes) is 27. The molecule has 6 heteroatoms. The molecule has 6 nitrogen and oxygen atoms in total. The Labute approximate surface area is 426 Å². The zero-order valence-corrected chi connectivity index (χ0v) is 45.3. The van der Waals surface area contributed by atoms with Gasteiger partial charge in [-0.15, -0.1) is 0 Å². The molecule has 1 unspecified atom stereocenters. The first-order chi connectivity index (χ1) is 34.0. The molecule has 0 spiro atoms. The molecule has 0 heterocycles. The second-order valence-electron chi connectivity index (χ2n) is 19.2. The van der Waals surface area contributed by atoms with Crippen LogP contribution in [0.4, 0.5) is 0 Å². The molecule has 0 aliphatic carbocycles. The monoisotopic (exact) mass is 961 g/mol. The Kier molecular flexibility index (Phi) is 54.3. The van der Waals surface area contributed by atoms with E-state index in [0.29, 0.717) is 19.3 Å². The minimum absolute atomic E-state index is 0.0923. The lowest BCUT2D eigenvalue weighted by Gasteiger charge is -2.18. The van der Waals surface area contributed by atoms with Crippen LogP contribution in [0.5, 0.6) is 0 Å². The quantitative estimate of drug-likeness (QED) is 0.0262. The lowest BCUT2D eigenvalue weighted by molar-refractivity contribution is -0.167. The molecule has 69 heavy (non-hydrogen) atoms. The van der Waals surface area contributed by atoms with Crippen LogP contribution in [-0.4, -0.2) is 37.2 Å². The van der Waals surface area contributed by atoms with Crippen molar-refractivity contribution in [2.75, 3.05) is 13.2 Å². The van der Waals surface area contributed by atoms with Gasteiger partial charge in [0, 0.05) is 19.3 Å². The second-order valence-corrected chi connectivity index (χ2v) is 19.2. The van der Waals surface area contributed by atoms with Crippen LogP contribution < -0.4 is 0 Å². The standard InChI is InChI=1S/C63H108O6/c1-4-7-10-13-16-18-20-22-24-26-28-30-31-33-34-36-38-40-42-44-47-50-53-56-62(65)68-59-60(58-67-61(64)55-52-49-46-15-12-9-6-3)69-63(66)57-54-51-48-45-43-41-39-37-35-32-29-27-25-23-21-19-17-14-11-8-5-2/h7,10,16,18,22,24,28,30,33-34,38,40,44,47,60H,4-6,8-9,11-15,17,19-21,23,25-27,29,31-32,35-37,39,41-43,45-46,48-59H2,1-3H3/b10-7-,18-16-,24-22-,30-28-,34-33-,40-38-,47-44-. The van der Waals surface area contributed by atoms with Crippen LogP contribution >= 0.6 is 0 Å². The molecule has 0 aliphatic heterocycles. The molecule has 0 aromatic carbocycles. The van der Waals surface area contributed by atoms with Crippen molar-refractivity contribution in [2.24, 2.45) is 0 Å². The average molecular weight is 962 g/mol. The van der Waals surface area contributed by atoms with Crippen LogP contribution in [0.2, 0.25) is 0 Å². The maximum absolute atomic E-state index is 12.8. The molecule has 0 aliphatic rings. The lowest BCUT2D eigenvalue weighted by atomic mass is 10.0. The van der Waals surface area contributed by atoms with Gasteiger partial charge >= 0.3 is 17.9 Å². The van der Waals surface area contributed by atoms with E-state index in [1.807, 2.05) is 0 Å². The first kappa shape index (κ1) is 65.6. The highest BCUT2D eigenvalue weighted by molar-refractivity contribution is 5.71. The number of rotatable bonds is 52. The van der Waals surface area contributed by atoms with Crippen molar-refractivity contribution in [3.05, 3.63) is 85.1 Å². The van der Waals surface area contributed by atoms with Crippen molar-refractivity contribution < 1.29 is 28.6 Å². The average Bonchev–Trinajstić information content (AvgIpc) is 3.35. The number of ether oxygens (including phenoxy) is 3. The van der Waals surface area contributed by atoms with Gasteiger partial charge in [0.05, 0.1) is 0 Å². The normalized spacial score (nSPS) is 12.7. The SMILES string of the molecule is CC/C=C\C/C=C\C/C=C\C/C=C\C/C=C\C/C=C\C/C=C\CCCC(=O)OCC(COC(=O)CCCCCCCCC)OC(=O)CCCCCCCCCCCCCCCCCCCCCCC. The number of hydrogen-bond donors (Lipinski definition) is 0. The van der Waals surface area contributed by atoms with Crippen LogP contribution in [0.3, 0.4) is 0 Å². The molecule has 0 rings (SSSR count). The highest BCUT2D eigenvalue weighted by Crippen LogP contribution is 2.16. The van der Waals surface area contributed by atoms with E-state index in [2.05, 4.69) is 106 Å². The third-order valence-electron chi connectivity index (χ3n) is 12.4. The van der Waals surface area contributed by atoms with Crippen molar-refractivity contribution in [3.8, 4) is 0 Å². The third-order valence-corrected chi connectivity index (χ3v) is 12.4. The summed E-state index contributed by atoms with van der Waals surface area (Å²) in [4.78, 5) is 37.9. The van der Waals surface area contributed by atoms with Crippen LogP contribution in [0.15, 0.2) is 85.1 Å². The minimum Gasteiger partial charge on any atom is -0.462 e. The number of hydrogen-bond acceptors (Lipinski definition) is 6. The van der Waals surface area contributed by atoms with Gasteiger partial charge in [0.2, 0.25) is 0 Å². The van der Waals surface area contributed by atoms with E-state index in [1.54, 1.807) is 0 Å². The Balaban J connectivity index is 4.28. The highest BCUT2D eigenvalue weighted by atomic mass is 16.6. The fourth-order valence-electron chi connectivity index (χ4n) is 8.08. The van der Waals surface area contributed by atoms with Crippen LogP contribution in [0.25, 0.3) is 0 Å². The van der Waals surface area contributed by atoms with Crippen molar-refractivity contribution in [3.63, 3.8) is 0 Å². The first-order valence-electron chi connectivity index (χ1n) is 29.1. The van der Waals surface area contributed by atoms with Gasteiger partial charge in [0.1, 0.15) is 13.2 Å². The molecule has 0 fully saturated rings. The molecule has 396 valence electrons. The second kappa shape index (κ2) is 57.2. The minimum atomic E-state index is -0.796. The predicted octanol–water partition coefficient (Wildman–Crippen LogP) is 19.5. The molecule has 0 saturated heterocycles. The van der Waals surface area contributed by atoms with Crippen molar-refractivity contribution in [2.45, 2.75) is 284 Å². The Morgan fingerprint density at radius 1 is 0.304 bits per heavy atom. The van der Waals surface area contributed by atoms with Crippen molar-refractivity contribution in [1.29, 1.82) is 0 Å². The van der Waals surface area contributed by atoms with Crippen molar-refractivity contribution >= 4 is 17.9 Å². The molecule has 0 aromatic rings. The molecule has 1 atom stereocenters. The van der Waals surface area contributed by atoms with Gasteiger partial charge in [0.15, 0.2) is 6.10 Å². The lowest BCUT2D eigenvalue weighted by Crippen LogP contribution is -2.30. The fourth-order valence-corrected chi connectivity index (χ4v) is 8.08. The summed E-state index contributed by atoms with van der Waals surface area (Å²) in [5.74, 6) is -0.953. The molecule has 0 amide bonds. The molecule has 0 bridgehead atoms. The zero-order chi connectivity index (χ0) is 50.0. The Hall–Kier alpha value is -3.41. The van der Waals surface area contributed by atoms with E-state index >= 15 is 0 Å². The largest absolute Gasteiger partial charge is 0.462 e. The van der Waals surface area contributed by atoms with Gasteiger partial charge < -0.3 is 14.2 Å². The summed E-state index contributed by atoms with van der Waals surface area (Å²) in [6.45, 7) is 6.46. The van der Waals surface area contributed by atoms with Gasteiger partial charge in [-0.2, -0.15) is 0 Å². The van der Waals surface area contributed by atoms with Gasteiger partial charge in [-0.05, 0) is 70.6 Å². The van der Waals surface area contributed by atoms with E-state index in [4.69, 9.17) is 14.2 Å². The molecular formula is C63H108O6. The number of carbonyl (C=O) groups is 3. The summed E-state index contributed by atoms with van der Waals surface area (Å²) in [6, 6.07) is 0. The molecule has 0 radical (unpaired) electrons.